The van der Waals surface area contributed by atoms with Crippen molar-refractivity contribution < 1.29 is 4.74 Å². The molecule has 0 fully saturated rings. The molecule has 0 saturated carbocycles. The fraction of sp³-hybridized carbons (Fsp3) is 0.150. The average molecular weight is 317 g/mol. The number of H-pyrrole nitrogens is 2. The molecule has 2 aromatic heterocycles. The van der Waals surface area contributed by atoms with E-state index < -0.39 is 0 Å². The number of nitrogens with one attached hydrogen (secondary N) is 2. The molecule has 0 bridgehead atoms. The van der Waals surface area contributed by atoms with Gasteiger partial charge < -0.3 is 14.7 Å². The van der Waals surface area contributed by atoms with Gasteiger partial charge in [-0.3, -0.25) is 0 Å². The number of aromatic amines is 2. The van der Waals surface area contributed by atoms with Crippen LogP contribution >= 0.6 is 0 Å². The molecular weight excluding hydrogens is 298 g/mol. The van der Waals surface area contributed by atoms with Gasteiger partial charge in [-0.05, 0) is 43.7 Å². The number of hydrogen-bond acceptors (Lipinski definition) is 2. The first-order chi connectivity index (χ1) is 11.6. The molecule has 2 N–H and O–H groups in total. The number of aromatic nitrogens is 2. The minimum absolute atomic E-state index is 0.809. The van der Waals surface area contributed by atoms with E-state index in [2.05, 4.69) is 48.1 Å². The number of methoxy groups -OCH3 is 1. The Morgan fingerprint density at radius 2 is 1.92 bits per heavy atom. The van der Waals surface area contributed by atoms with E-state index in [1.807, 2.05) is 24.3 Å². The smallest absolute Gasteiger partial charge is 0.144 e. The summed E-state index contributed by atoms with van der Waals surface area (Å²) in [6.07, 6.45) is 4.17. The van der Waals surface area contributed by atoms with Crippen molar-refractivity contribution in [2.24, 2.45) is 4.99 Å². The van der Waals surface area contributed by atoms with Crippen LogP contribution in [-0.4, -0.2) is 17.1 Å². The Morgan fingerprint density at radius 3 is 2.62 bits per heavy atom. The van der Waals surface area contributed by atoms with Gasteiger partial charge in [0.05, 0.1) is 28.9 Å². The molecule has 1 aliphatic heterocycles. The van der Waals surface area contributed by atoms with Gasteiger partial charge in [-0.1, -0.05) is 18.2 Å². The summed E-state index contributed by atoms with van der Waals surface area (Å²) in [6.45, 7) is 4.15. The lowest BCUT2D eigenvalue weighted by atomic mass is 10.2. The van der Waals surface area contributed by atoms with E-state index in [-0.39, 0.29) is 0 Å². The van der Waals surface area contributed by atoms with Crippen molar-refractivity contribution in [3.8, 4) is 5.75 Å². The number of benzene rings is 1. The van der Waals surface area contributed by atoms with Crippen LogP contribution in [0.15, 0.2) is 41.4 Å². The third-order valence-corrected chi connectivity index (χ3v) is 4.25. The van der Waals surface area contributed by atoms with Crippen molar-refractivity contribution in [2.75, 3.05) is 7.11 Å². The number of nitrogens with zero attached hydrogens (tertiary/aromatic N) is 1. The first kappa shape index (κ1) is 14.6. The van der Waals surface area contributed by atoms with E-state index >= 15 is 0 Å². The van der Waals surface area contributed by atoms with Gasteiger partial charge in [0.1, 0.15) is 5.75 Å². The maximum Gasteiger partial charge on any atom is 0.144 e. The first-order valence-corrected chi connectivity index (χ1v) is 7.95. The fourth-order valence-corrected chi connectivity index (χ4v) is 3.07. The summed E-state index contributed by atoms with van der Waals surface area (Å²) in [5.74, 6) is 0.809. The highest BCUT2D eigenvalue weighted by Crippen LogP contribution is 2.10. The molecule has 3 aromatic rings. The second-order valence-electron chi connectivity index (χ2n) is 6.06. The second-order valence-corrected chi connectivity index (χ2v) is 6.06. The summed E-state index contributed by atoms with van der Waals surface area (Å²) in [5.41, 5.74) is 4.37. The van der Waals surface area contributed by atoms with Crippen LogP contribution < -0.4 is 26.0 Å². The average Bonchev–Trinajstić information content (AvgIpc) is 3.24. The highest BCUT2D eigenvalue weighted by Gasteiger charge is 2.06. The number of ether oxygens (including phenoxy) is 1. The van der Waals surface area contributed by atoms with Crippen molar-refractivity contribution in [1.29, 1.82) is 0 Å². The summed E-state index contributed by atoms with van der Waals surface area (Å²) in [7, 11) is 1.69. The topological polar surface area (TPSA) is 53.2 Å². The zero-order chi connectivity index (χ0) is 16.7. The number of para-hydroxylation sites is 1. The second kappa shape index (κ2) is 5.57. The molecule has 0 aliphatic carbocycles. The summed E-state index contributed by atoms with van der Waals surface area (Å²) < 4.78 is 5.54. The molecular formula is C20H19N3O. The van der Waals surface area contributed by atoms with Crippen LogP contribution in [0.5, 0.6) is 5.75 Å². The molecule has 4 heteroatoms. The quantitative estimate of drug-likeness (QED) is 0.728. The van der Waals surface area contributed by atoms with Crippen LogP contribution in [0.25, 0.3) is 17.8 Å². The van der Waals surface area contributed by atoms with E-state index in [0.717, 1.165) is 44.1 Å². The normalized spacial score (nSPS) is 15.9. The third-order valence-electron chi connectivity index (χ3n) is 4.25. The van der Waals surface area contributed by atoms with Crippen LogP contribution in [0.3, 0.4) is 0 Å². The Labute approximate surface area is 139 Å². The molecule has 120 valence electrons. The van der Waals surface area contributed by atoms with E-state index in [4.69, 9.17) is 9.73 Å². The van der Waals surface area contributed by atoms with Crippen LogP contribution in [0, 0.1) is 13.8 Å². The predicted molar refractivity (Wildman–Crippen MR) is 95.5 cm³/mol. The molecule has 0 spiro atoms. The first-order valence-electron chi connectivity index (χ1n) is 7.95. The number of rotatable bonds is 2. The molecule has 0 amide bonds. The van der Waals surface area contributed by atoms with Crippen molar-refractivity contribution in [2.45, 2.75) is 13.8 Å². The fourth-order valence-electron chi connectivity index (χ4n) is 3.07. The zero-order valence-electron chi connectivity index (χ0n) is 14.0. The number of aryl methyl sites for hydroxylation is 2. The summed E-state index contributed by atoms with van der Waals surface area (Å²) in [6, 6.07) is 12.3. The maximum absolute atomic E-state index is 5.54. The third kappa shape index (κ3) is 2.46. The number of fused-ring (bicyclic) bond motifs is 1. The molecule has 24 heavy (non-hydrogen) atoms. The minimum Gasteiger partial charge on any atom is -0.494 e. The van der Waals surface area contributed by atoms with Gasteiger partial charge >= 0.3 is 0 Å². The lowest BCUT2D eigenvalue weighted by Crippen LogP contribution is -2.19. The summed E-state index contributed by atoms with van der Waals surface area (Å²) >= 11 is 0. The maximum atomic E-state index is 5.54. The summed E-state index contributed by atoms with van der Waals surface area (Å²) in [5, 5.41) is 4.03. The molecule has 0 unspecified atom stereocenters. The molecule has 1 aliphatic rings. The highest BCUT2D eigenvalue weighted by atomic mass is 16.5. The zero-order valence-corrected chi connectivity index (χ0v) is 14.0. The van der Waals surface area contributed by atoms with Gasteiger partial charge in [0.25, 0.3) is 0 Å². The molecule has 4 nitrogen and oxygen atoms in total. The Kier molecular flexibility index (Phi) is 3.38. The highest BCUT2D eigenvalue weighted by molar-refractivity contribution is 5.76. The van der Waals surface area contributed by atoms with Crippen LogP contribution in [0.1, 0.15) is 17.0 Å². The van der Waals surface area contributed by atoms with Crippen LogP contribution in [-0.2, 0) is 0 Å². The van der Waals surface area contributed by atoms with Crippen molar-refractivity contribution in [1.82, 2.24) is 9.97 Å². The van der Waals surface area contributed by atoms with Gasteiger partial charge in [0.2, 0.25) is 0 Å². The van der Waals surface area contributed by atoms with Gasteiger partial charge in [-0.25, -0.2) is 4.99 Å². The Balaban J connectivity index is 1.93. The number of hydrogen-bond donors (Lipinski definition) is 2. The van der Waals surface area contributed by atoms with E-state index in [1.54, 1.807) is 7.11 Å². The van der Waals surface area contributed by atoms with Crippen molar-refractivity contribution in [3.05, 3.63) is 74.6 Å². The molecule has 0 atom stereocenters. The predicted octanol–water partition coefficient (Wildman–Crippen LogP) is 1.02. The Bertz CT molecular complexity index is 1130. The largest absolute Gasteiger partial charge is 0.494 e. The van der Waals surface area contributed by atoms with Gasteiger partial charge in [-0.15, -0.1) is 0 Å². The lowest BCUT2D eigenvalue weighted by Gasteiger charge is -1.94. The van der Waals surface area contributed by atoms with E-state index in [9.17, 15) is 0 Å². The van der Waals surface area contributed by atoms with Crippen LogP contribution in [0.4, 0.5) is 0 Å². The van der Waals surface area contributed by atoms with E-state index in [1.165, 1.54) is 5.56 Å². The monoisotopic (exact) mass is 317 g/mol. The lowest BCUT2D eigenvalue weighted by molar-refractivity contribution is 0.412. The van der Waals surface area contributed by atoms with Crippen molar-refractivity contribution in [3.63, 3.8) is 0 Å². The SMILES string of the molecule is COc1cc(=C2C=c3ccccc3=N2)[nH]c1=Cc1[nH]c(C)cc1C. The summed E-state index contributed by atoms with van der Waals surface area (Å²) in [4.78, 5) is 11.5. The minimum atomic E-state index is 0.809. The van der Waals surface area contributed by atoms with Gasteiger partial charge in [0.15, 0.2) is 0 Å². The van der Waals surface area contributed by atoms with Crippen LogP contribution in [0.2, 0.25) is 0 Å². The van der Waals surface area contributed by atoms with Crippen molar-refractivity contribution >= 4 is 17.8 Å². The molecule has 4 rings (SSSR count). The standard InChI is InChI=1S/C20H19N3O/c1-12-8-13(2)21-16(12)10-19-20(24-3)11-18(23-19)17-9-14-6-4-5-7-15(14)22-17/h4-11,21,23H,1-3H3. The van der Waals surface area contributed by atoms with Gasteiger partial charge in [-0.2, -0.15) is 0 Å². The van der Waals surface area contributed by atoms with Gasteiger partial charge in [0, 0.05) is 22.7 Å². The molecule has 3 heterocycles. The molecule has 0 radical (unpaired) electrons. The Morgan fingerprint density at radius 1 is 1.08 bits per heavy atom. The molecule has 0 saturated heterocycles. The molecule has 1 aromatic carbocycles. The van der Waals surface area contributed by atoms with E-state index in [0.29, 0.717) is 0 Å². The Hall–Kier alpha value is -3.01.